The second-order valence-corrected chi connectivity index (χ2v) is 5.60. The van der Waals surface area contributed by atoms with Crippen molar-refractivity contribution in [3.8, 4) is 0 Å². The largest absolute Gasteiger partial charge is 0.381 e. The molecule has 1 rings (SSSR count). The van der Waals surface area contributed by atoms with Gasteiger partial charge in [-0.1, -0.05) is 0 Å². The molecule has 7 nitrogen and oxygen atoms in total. The van der Waals surface area contributed by atoms with Gasteiger partial charge in [-0.2, -0.15) is 5.10 Å². The quantitative estimate of drug-likeness (QED) is 0.740. The second-order valence-electron chi connectivity index (χ2n) is 3.92. The Balaban J connectivity index is 2.82. The molecular formula is C10H20N4O3S. The lowest BCUT2D eigenvalue weighted by atomic mass is 10.4. The highest BCUT2D eigenvalue weighted by Gasteiger charge is 2.22. The zero-order chi connectivity index (χ0) is 13.8. The number of anilines is 1. The smallest absolute Gasteiger partial charge is 0.246 e. The fourth-order valence-corrected chi connectivity index (χ4v) is 2.75. The number of nitrogens with two attached hydrogens (primary N) is 1. The van der Waals surface area contributed by atoms with Crippen LogP contribution in [0.15, 0.2) is 11.1 Å². The van der Waals surface area contributed by atoms with Crippen molar-refractivity contribution in [2.24, 2.45) is 0 Å². The molecule has 1 aromatic heterocycles. The van der Waals surface area contributed by atoms with Gasteiger partial charge in [0.05, 0.1) is 6.61 Å². The van der Waals surface area contributed by atoms with E-state index in [9.17, 15) is 8.42 Å². The minimum Gasteiger partial charge on any atom is -0.381 e. The maximum atomic E-state index is 12.1. The number of nitrogen functional groups attached to an aromatic ring is 1. The zero-order valence-electron chi connectivity index (χ0n) is 10.9. The van der Waals surface area contributed by atoms with E-state index in [-0.39, 0.29) is 16.8 Å². The van der Waals surface area contributed by atoms with Crippen molar-refractivity contribution in [1.29, 1.82) is 0 Å². The van der Waals surface area contributed by atoms with Crippen molar-refractivity contribution in [3.05, 3.63) is 6.20 Å². The molecule has 0 saturated heterocycles. The van der Waals surface area contributed by atoms with E-state index in [1.165, 1.54) is 10.9 Å². The first-order valence-electron chi connectivity index (χ1n) is 5.83. The SMILES string of the molecule is CCOCC(C)NS(=O)(=O)c1cn(CC)nc1N. The summed E-state index contributed by atoms with van der Waals surface area (Å²) in [6, 6.07) is -0.320. The number of nitrogens with one attached hydrogen (secondary N) is 1. The monoisotopic (exact) mass is 276 g/mol. The summed E-state index contributed by atoms with van der Waals surface area (Å²) in [6.07, 6.45) is 1.42. The van der Waals surface area contributed by atoms with Crippen molar-refractivity contribution in [2.45, 2.75) is 38.3 Å². The fourth-order valence-electron chi connectivity index (χ4n) is 1.44. The molecule has 0 saturated carbocycles. The molecule has 104 valence electrons. The van der Waals surface area contributed by atoms with Crippen molar-refractivity contribution >= 4 is 15.8 Å². The van der Waals surface area contributed by atoms with Crippen molar-refractivity contribution in [3.63, 3.8) is 0 Å². The third kappa shape index (κ3) is 3.69. The van der Waals surface area contributed by atoms with Crippen LogP contribution in [0.3, 0.4) is 0 Å². The summed E-state index contributed by atoms with van der Waals surface area (Å²) in [7, 11) is -3.65. The minimum absolute atomic E-state index is 0.00713. The summed E-state index contributed by atoms with van der Waals surface area (Å²) in [5, 5.41) is 3.91. The summed E-state index contributed by atoms with van der Waals surface area (Å²) in [5.74, 6) is 0.00737. The van der Waals surface area contributed by atoms with Gasteiger partial charge < -0.3 is 10.5 Å². The normalized spacial score (nSPS) is 13.7. The first-order chi connectivity index (χ1) is 8.40. The number of hydrogen-bond acceptors (Lipinski definition) is 5. The maximum absolute atomic E-state index is 12.1. The average Bonchev–Trinajstić information content (AvgIpc) is 2.68. The summed E-state index contributed by atoms with van der Waals surface area (Å²) in [5.41, 5.74) is 5.60. The van der Waals surface area contributed by atoms with Gasteiger partial charge in [-0.05, 0) is 20.8 Å². The molecule has 18 heavy (non-hydrogen) atoms. The molecule has 0 bridgehead atoms. The van der Waals surface area contributed by atoms with E-state index in [1.807, 2.05) is 13.8 Å². The van der Waals surface area contributed by atoms with Crippen LogP contribution < -0.4 is 10.5 Å². The van der Waals surface area contributed by atoms with Crippen molar-refractivity contribution < 1.29 is 13.2 Å². The number of nitrogens with zero attached hydrogens (tertiary/aromatic N) is 2. The standard InChI is InChI=1S/C10H20N4O3S/c1-4-14-6-9(10(11)12-14)18(15,16)13-8(3)7-17-5-2/h6,8,13H,4-5,7H2,1-3H3,(H2,11,12). The molecule has 0 aromatic carbocycles. The van der Waals surface area contributed by atoms with Gasteiger partial charge in [0.25, 0.3) is 0 Å². The molecule has 0 aliphatic carbocycles. The van der Waals surface area contributed by atoms with Crippen LogP contribution in [-0.4, -0.2) is 37.5 Å². The zero-order valence-corrected chi connectivity index (χ0v) is 11.7. The number of rotatable bonds is 7. The van der Waals surface area contributed by atoms with E-state index in [2.05, 4.69) is 9.82 Å². The highest BCUT2D eigenvalue weighted by Crippen LogP contribution is 2.16. The lowest BCUT2D eigenvalue weighted by Crippen LogP contribution is -2.36. The Morgan fingerprint density at radius 3 is 2.72 bits per heavy atom. The third-order valence-corrected chi connectivity index (χ3v) is 3.90. The van der Waals surface area contributed by atoms with Gasteiger partial charge in [0.2, 0.25) is 10.0 Å². The number of sulfonamides is 1. The Hall–Kier alpha value is -1.12. The lowest BCUT2D eigenvalue weighted by molar-refractivity contribution is 0.133. The molecule has 0 amide bonds. The topological polar surface area (TPSA) is 99.2 Å². The Bertz CT molecular complexity index is 483. The van der Waals surface area contributed by atoms with Crippen LogP contribution >= 0.6 is 0 Å². The van der Waals surface area contributed by atoms with Gasteiger partial charge in [0, 0.05) is 25.4 Å². The van der Waals surface area contributed by atoms with E-state index in [0.717, 1.165) is 0 Å². The molecule has 1 unspecified atom stereocenters. The number of aromatic nitrogens is 2. The minimum atomic E-state index is -3.65. The van der Waals surface area contributed by atoms with Crippen LogP contribution in [0.1, 0.15) is 20.8 Å². The van der Waals surface area contributed by atoms with Crippen molar-refractivity contribution in [1.82, 2.24) is 14.5 Å². The van der Waals surface area contributed by atoms with E-state index >= 15 is 0 Å². The second kappa shape index (κ2) is 6.17. The molecule has 1 aromatic rings. The van der Waals surface area contributed by atoms with Gasteiger partial charge >= 0.3 is 0 Å². The van der Waals surface area contributed by atoms with Gasteiger partial charge in [0.15, 0.2) is 5.82 Å². The summed E-state index contributed by atoms with van der Waals surface area (Å²) in [6.45, 7) is 6.86. The molecule has 0 spiro atoms. The summed E-state index contributed by atoms with van der Waals surface area (Å²) < 4.78 is 33.2. The fraction of sp³-hybridized carbons (Fsp3) is 0.700. The molecular weight excluding hydrogens is 256 g/mol. The van der Waals surface area contributed by atoms with Crippen LogP contribution in [0.2, 0.25) is 0 Å². The molecule has 0 aliphatic rings. The van der Waals surface area contributed by atoms with Gasteiger partial charge in [-0.15, -0.1) is 0 Å². The van der Waals surface area contributed by atoms with E-state index in [1.54, 1.807) is 6.92 Å². The van der Waals surface area contributed by atoms with Gasteiger partial charge in [-0.25, -0.2) is 13.1 Å². The van der Waals surface area contributed by atoms with E-state index < -0.39 is 10.0 Å². The molecule has 1 heterocycles. The van der Waals surface area contributed by atoms with E-state index in [0.29, 0.717) is 19.8 Å². The number of aryl methyl sites for hydroxylation is 1. The molecule has 8 heteroatoms. The lowest BCUT2D eigenvalue weighted by Gasteiger charge is -2.13. The average molecular weight is 276 g/mol. The van der Waals surface area contributed by atoms with Crippen LogP contribution in [-0.2, 0) is 21.3 Å². The van der Waals surface area contributed by atoms with Crippen LogP contribution in [0.4, 0.5) is 5.82 Å². The van der Waals surface area contributed by atoms with E-state index in [4.69, 9.17) is 10.5 Å². The summed E-state index contributed by atoms with van der Waals surface area (Å²) in [4.78, 5) is 0.00713. The Labute approximate surface area is 107 Å². The highest BCUT2D eigenvalue weighted by atomic mass is 32.2. The summed E-state index contributed by atoms with van der Waals surface area (Å²) >= 11 is 0. The third-order valence-electron chi connectivity index (χ3n) is 2.30. The number of hydrogen-bond donors (Lipinski definition) is 2. The van der Waals surface area contributed by atoms with Gasteiger partial charge in [-0.3, -0.25) is 4.68 Å². The molecule has 0 aliphatic heterocycles. The van der Waals surface area contributed by atoms with Crippen LogP contribution in [0.5, 0.6) is 0 Å². The molecule has 3 N–H and O–H groups in total. The molecule has 0 fully saturated rings. The first kappa shape index (κ1) is 14.9. The molecule has 1 atom stereocenters. The van der Waals surface area contributed by atoms with Crippen molar-refractivity contribution in [2.75, 3.05) is 18.9 Å². The predicted molar refractivity (Wildman–Crippen MR) is 68.6 cm³/mol. The molecule has 0 radical (unpaired) electrons. The Morgan fingerprint density at radius 1 is 1.56 bits per heavy atom. The predicted octanol–water partition coefficient (Wildman–Crippen LogP) is 0.189. The van der Waals surface area contributed by atoms with Crippen LogP contribution in [0, 0.1) is 0 Å². The number of ether oxygens (including phenoxy) is 1. The highest BCUT2D eigenvalue weighted by molar-refractivity contribution is 7.89. The Morgan fingerprint density at radius 2 is 2.22 bits per heavy atom. The van der Waals surface area contributed by atoms with Gasteiger partial charge in [0.1, 0.15) is 4.90 Å². The first-order valence-corrected chi connectivity index (χ1v) is 7.32. The van der Waals surface area contributed by atoms with Crippen LogP contribution in [0.25, 0.3) is 0 Å². The maximum Gasteiger partial charge on any atom is 0.246 e. The Kier molecular flexibility index (Phi) is 5.12.